The Bertz CT molecular complexity index is 1170. The first-order valence-corrected chi connectivity index (χ1v) is 12.8. The quantitative estimate of drug-likeness (QED) is 0.352. The second-order valence-electron chi connectivity index (χ2n) is 9.63. The number of carbonyl (C=O) groups excluding carboxylic acids is 2. The van der Waals surface area contributed by atoms with Gasteiger partial charge in [0.1, 0.15) is 23.3 Å². The molecular weight excluding hydrogens is 480 g/mol. The number of carbonyl (C=O) groups is 2. The third kappa shape index (κ3) is 8.26. The van der Waals surface area contributed by atoms with Gasteiger partial charge in [0.15, 0.2) is 6.61 Å². The molecule has 202 valence electrons. The van der Waals surface area contributed by atoms with Crippen molar-refractivity contribution in [1.82, 2.24) is 10.2 Å². The Morgan fingerprint density at radius 1 is 0.868 bits per heavy atom. The van der Waals surface area contributed by atoms with Crippen molar-refractivity contribution < 1.29 is 23.8 Å². The van der Waals surface area contributed by atoms with E-state index in [4.69, 9.17) is 14.2 Å². The van der Waals surface area contributed by atoms with E-state index < -0.39 is 6.04 Å². The third-order valence-electron chi connectivity index (χ3n) is 6.24. The minimum atomic E-state index is -0.716. The van der Waals surface area contributed by atoms with Crippen molar-refractivity contribution >= 4 is 11.8 Å². The van der Waals surface area contributed by atoms with Crippen molar-refractivity contribution in [2.45, 2.75) is 39.8 Å². The summed E-state index contributed by atoms with van der Waals surface area (Å²) >= 11 is 0. The van der Waals surface area contributed by atoms with Crippen LogP contribution < -0.4 is 19.5 Å². The summed E-state index contributed by atoms with van der Waals surface area (Å²) in [6, 6.07) is 22.0. The number of benzene rings is 3. The first-order chi connectivity index (χ1) is 18.3. The summed E-state index contributed by atoms with van der Waals surface area (Å²) in [6.45, 7) is 6.64. The zero-order valence-electron chi connectivity index (χ0n) is 22.9. The minimum absolute atomic E-state index is 0.187. The molecule has 0 saturated heterocycles. The molecule has 0 saturated carbocycles. The highest BCUT2D eigenvalue weighted by Crippen LogP contribution is 2.27. The Morgan fingerprint density at radius 2 is 1.47 bits per heavy atom. The van der Waals surface area contributed by atoms with Crippen LogP contribution in [0.5, 0.6) is 17.2 Å². The van der Waals surface area contributed by atoms with Crippen LogP contribution in [-0.4, -0.2) is 50.1 Å². The Kier molecular flexibility index (Phi) is 10.6. The van der Waals surface area contributed by atoms with Crippen LogP contribution in [0.2, 0.25) is 0 Å². The molecule has 1 atom stereocenters. The van der Waals surface area contributed by atoms with Crippen LogP contribution in [0.15, 0.2) is 72.8 Å². The Morgan fingerprint density at radius 3 is 2.08 bits per heavy atom. The van der Waals surface area contributed by atoms with E-state index in [9.17, 15) is 9.59 Å². The summed E-state index contributed by atoms with van der Waals surface area (Å²) in [5.41, 5.74) is 2.99. The number of amides is 2. The zero-order chi connectivity index (χ0) is 27.5. The molecule has 38 heavy (non-hydrogen) atoms. The summed E-state index contributed by atoms with van der Waals surface area (Å²) in [5.74, 6) is 1.35. The first kappa shape index (κ1) is 28.6. The van der Waals surface area contributed by atoms with Crippen molar-refractivity contribution in [3.63, 3.8) is 0 Å². The molecule has 0 radical (unpaired) electrons. The second-order valence-corrected chi connectivity index (χ2v) is 9.63. The summed E-state index contributed by atoms with van der Waals surface area (Å²) in [5, 5.41) is 3.04. The molecule has 3 aromatic carbocycles. The van der Waals surface area contributed by atoms with Gasteiger partial charge in [-0.15, -0.1) is 0 Å². The summed E-state index contributed by atoms with van der Waals surface area (Å²) in [6.07, 6.45) is 0.384. The van der Waals surface area contributed by atoms with Crippen molar-refractivity contribution in [1.29, 1.82) is 0 Å². The largest absolute Gasteiger partial charge is 0.496 e. The molecule has 0 aromatic heterocycles. The van der Waals surface area contributed by atoms with Crippen LogP contribution in [0.3, 0.4) is 0 Å². The van der Waals surface area contributed by atoms with Crippen molar-refractivity contribution in [2.24, 2.45) is 5.92 Å². The molecule has 0 aliphatic rings. The predicted octanol–water partition coefficient (Wildman–Crippen LogP) is 4.80. The molecular formula is C31H38N2O5. The fourth-order valence-corrected chi connectivity index (χ4v) is 4.04. The monoisotopic (exact) mass is 518 g/mol. The molecule has 0 aliphatic heterocycles. The normalized spacial score (nSPS) is 11.5. The summed E-state index contributed by atoms with van der Waals surface area (Å²) in [7, 11) is 3.11. The van der Waals surface area contributed by atoms with Gasteiger partial charge < -0.3 is 24.4 Å². The average Bonchev–Trinajstić information content (AvgIpc) is 2.93. The maximum Gasteiger partial charge on any atom is 0.261 e. The molecule has 7 nitrogen and oxygen atoms in total. The number of nitrogens with zero attached hydrogens (tertiary/aromatic N) is 1. The van der Waals surface area contributed by atoms with E-state index in [-0.39, 0.29) is 30.9 Å². The Balaban J connectivity index is 1.92. The summed E-state index contributed by atoms with van der Waals surface area (Å²) in [4.78, 5) is 28.9. The molecule has 0 spiro atoms. The number of methoxy groups -OCH3 is 2. The highest BCUT2D eigenvalue weighted by molar-refractivity contribution is 5.88. The van der Waals surface area contributed by atoms with Gasteiger partial charge in [0, 0.05) is 37.7 Å². The third-order valence-corrected chi connectivity index (χ3v) is 6.24. The van der Waals surface area contributed by atoms with E-state index in [1.54, 1.807) is 37.3 Å². The van der Waals surface area contributed by atoms with Crippen molar-refractivity contribution in [3.8, 4) is 17.2 Å². The SMILES string of the molecule is COc1cc(OC)cc(OCC(=O)N(Cc2ccccc2C)[C@H](Cc2ccccc2)C(=O)NCC(C)C)c1. The van der Waals surface area contributed by atoms with Crippen molar-refractivity contribution in [3.05, 3.63) is 89.5 Å². The number of hydrogen-bond donors (Lipinski definition) is 1. The van der Waals surface area contributed by atoms with Gasteiger partial charge in [-0.25, -0.2) is 0 Å². The molecule has 3 rings (SSSR count). The standard InChI is InChI=1S/C31H38N2O5/c1-22(2)19-32-31(35)29(15-24-12-7-6-8-13-24)33(20-25-14-10-9-11-23(25)3)30(34)21-38-28-17-26(36-4)16-27(18-28)37-5/h6-14,16-18,22,29H,15,19-21H2,1-5H3,(H,32,35)/t29-/m1/s1. The second kappa shape index (κ2) is 14.1. The lowest BCUT2D eigenvalue weighted by atomic mass is 10.0. The summed E-state index contributed by atoms with van der Waals surface area (Å²) < 4.78 is 16.5. The number of nitrogens with one attached hydrogen (secondary N) is 1. The number of hydrogen-bond acceptors (Lipinski definition) is 5. The molecule has 0 fully saturated rings. The molecule has 0 heterocycles. The van der Waals surface area contributed by atoms with Gasteiger partial charge in [0.2, 0.25) is 5.91 Å². The lowest BCUT2D eigenvalue weighted by molar-refractivity contribution is -0.142. The van der Waals surface area contributed by atoms with Gasteiger partial charge in [0.05, 0.1) is 14.2 Å². The maximum atomic E-state index is 13.8. The molecule has 7 heteroatoms. The predicted molar refractivity (Wildman–Crippen MR) is 149 cm³/mol. The van der Waals surface area contributed by atoms with Crippen LogP contribution >= 0.6 is 0 Å². The molecule has 1 N–H and O–H groups in total. The van der Waals surface area contributed by atoms with Crippen LogP contribution in [0, 0.1) is 12.8 Å². The fraction of sp³-hybridized carbons (Fsp3) is 0.355. The van der Waals surface area contributed by atoms with Gasteiger partial charge >= 0.3 is 0 Å². The van der Waals surface area contributed by atoms with E-state index in [2.05, 4.69) is 5.32 Å². The number of aryl methyl sites for hydroxylation is 1. The minimum Gasteiger partial charge on any atom is -0.496 e. The lowest BCUT2D eigenvalue weighted by Crippen LogP contribution is -2.52. The van der Waals surface area contributed by atoms with Crippen LogP contribution in [0.1, 0.15) is 30.5 Å². The first-order valence-electron chi connectivity index (χ1n) is 12.8. The maximum absolute atomic E-state index is 13.8. The smallest absolute Gasteiger partial charge is 0.261 e. The lowest BCUT2D eigenvalue weighted by Gasteiger charge is -2.32. The Hall–Kier alpha value is -4.00. The van der Waals surface area contributed by atoms with Crippen LogP contribution in [0.25, 0.3) is 0 Å². The molecule has 2 amide bonds. The van der Waals surface area contributed by atoms with E-state index in [0.717, 1.165) is 16.7 Å². The highest BCUT2D eigenvalue weighted by Gasteiger charge is 2.31. The van der Waals surface area contributed by atoms with Gasteiger partial charge in [-0.3, -0.25) is 9.59 Å². The van der Waals surface area contributed by atoms with Gasteiger partial charge in [-0.05, 0) is 29.5 Å². The topological polar surface area (TPSA) is 77.1 Å². The molecule has 0 bridgehead atoms. The van der Waals surface area contributed by atoms with Crippen molar-refractivity contribution in [2.75, 3.05) is 27.4 Å². The van der Waals surface area contributed by atoms with Crippen LogP contribution in [-0.2, 0) is 22.6 Å². The number of rotatable bonds is 13. The van der Waals surface area contributed by atoms with E-state index in [1.807, 2.05) is 75.4 Å². The zero-order valence-corrected chi connectivity index (χ0v) is 22.9. The van der Waals surface area contributed by atoms with Gasteiger partial charge in [0.25, 0.3) is 5.91 Å². The van der Waals surface area contributed by atoms with E-state index in [1.165, 1.54) is 0 Å². The fourth-order valence-electron chi connectivity index (χ4n) is 4.04. The highest BCUT2D eigenvalue weighted by atomic mass is 16.5. The van der Waals surface area contributed by atoms with E-state index in [0.29, 0.717) is 30.2 Å². The van der Waals surface area contributed by atoms with E-state index >= 15 is 0 Å². The number of ether oxygens (including phenoxy) is 3. The average molecular weight is 519 g/mol. The van der Waals surface area contributed by atoms with Crippen LogP contribution in [0.4, 0.5) is 0 Å². The molecule has 0 unspecified atom stereocenters. The van der Waals surface area contributed by atoms with Gasteiger partial charge in [-0.2, -0.15) is 0 Å². The molecule has 0 aliphatic carbocycles. The van der Waals surface area contributed by atoms with Gasteiger partial charge in [-0.1, -0.05) is 68.4 Å². The Labute approximate surface area is 225 Å². The molecule has 3 aromatic rings.